The third-order valence-electron chi connectivity index (χ3n) is 14.7. The van der Waals surface area contributed by atoms with Gasteiger partial charge in [-0.2, -0.15) is 26.3 Å². The number of alkyl halides is 6. The zero-order valence-corrected chi connectivity index (χ0v) is 43.7. The van der Waals surface area contributed by atoms with Crippen LogP contribution in [0.15, 0.2) is 115 Å². The molecule has 78 heavy (non-hydrogen) atoms. The molecule has 11 rings (SSSR count). The lowest BCUT2D eigenvalue weighted by Gasteiger charge is -2.34. The van der Waals surface area contributed by atoms with Gasteiger partial charge in [-0.15, -0.1) is 0 Å². The first kappa shape index (κ1) is 54.9. The molecule has 1 saturated heterocycles. The third-order valence-corrected chi connectivity index (χ3v) is 14.7. The van der Waals surface area contributed by atoms with Gasteiger partial charge in [-0.3, -0.25) is 17.9 Å². The molecule has 0 spiro atoms. The molecule has 410 valence electrons. The maximum Gasteiger partial charge on any atom is 0.418 e. The number of azo groups is 2. The molecular weight excluding hydrogens is 1030 g/mol. The number of fused-ring (bicyclic) bond motifs is 2. The molecule has 2 aromatic carbocycles. The summed E-state index contributed by atoms with van der Waals surface area (Å²) in [6.45, 7) is 4.19. The fraction of sp³-hybridized carbons (Fsp3) is 0.407. The van der Waals surface area contributed by atoms with Crippen molar-refractivity contribution < 1.29 is 54.6 Å². The molecule has 2 amide bonds. The molecule has 24 heteroatoms. The van der Waals surface area contributed by atoms with Gasteiger partial charge in [0, 0.05) is 31.8 Å². The zero-order chi connectivity index (χ0) is 55.8. The highest BCUT2D eigenvalue weighted by molar-refractivity contribution is 5.69. The number of imidazole rings is 2. The topological polar surface area (TPSA) is 167 Å². The lowest BCUT2D eigenvalue weighted by atomic mass is 9.71. The lowest BCUT2D eigenvalue weighted by Crippen LogP contribution is -2.29. The molecule has 0 unspecified atom stereocenters. The van der Waals surface area contributed by atoms with Crippen molar-refractivity contribution in [1.29, 1.82) is 0 Å². The van der Waals surface area contributed by atoms with Crippen LogP contribution < -0.4 is 11.4 Å². The minimum absolute atomic E-state index is 0.0403. The van der Waals surface area contributed by atoms with Crippen molar-refractivity contribution >= 4 is 35.9 Å². The van der Waals surface area contributed by atoms with Gasteiger partial charge in [-0.1, -0.05) is 51.0 Å². The minimum atomic E-state index is -4.72. The first-order chi connectivity index (χ1) is 37.3. The van der Waals surface area contributed by atoms with Crippen molar-refractivity contribution in [1.82, 2.24) is 27.7 Å². The Hall–Kier alpha value is -7.92. The average Bonchev–Trinajstić information content (AvgIpc) is 4.32. The van der Waals surface area contributed by atoms with Crippen molar-refractivity contribution in [3.8, 4) is 11.4 Å². The summed E-state index contributed by atoms with van der Waals surface area (Å²) in [4.78, 5) is 52.9. The van der Waals surface area contributed by atoms with E-state index in [4.69, 9.17) is 4.74 Å². The van der Waals surface area contributed by atoms with Gasteiger partial charge in [0.25, 0.3) is 0 Å². The van der Waals surface area contributed by atoms with E-state index in [0.717, 1.165) is 87.8 Å². The fourth-order valence-electron chi connectivity index (χ4n) is 10.5. The summed E-state index contributed by atoms with van der Waals surface area (Å²) in [6.07, 6.45) is 5.70. The summed E-state index contributed by atoms with van der Waals surface area (Å²) in [5, 5.41) is 16.7. The third kappa shape index (κ3) is 10.8. The number of methoxy groups -OCH3 is 1. The molecule has 2 saturated carbocycles. The van der Waals surface area contributed by atoms with Gasteiger partial charge in [0.2, 0.25) is 0 Å². The van der Waals surface area contributed by atoms with Crippen LogP contribution in [0.1, 0.15) is 97.6 Å². The summed E-state index contributed by atoms with van der Waals surface area (Å²) in [6, 6.07) is 16.5. The van der Waals surface area contributed by atoms with Crippen molar-refractivity contribution in [2.24, 2.45) is 32.3 Å². The second-order valence-corrected chi connectivity index (χ2v) is 19.6. The Balaban J connectivity index is 0.000000184. The maximum atomic E-state index is 14.1. The zero-order valence-electron chi connectivity index (χ0n) is 43.7. The number of rotatable bonds is 12. The number of benzene rings is 2. The van der Waals surface area contributed by atoms with Gasteiger partial charge in [0.1, 0.15) is 6.61 Å². The van der Waals surface area contributed by atoms with E-state index in [9.17, 15) is 45.5 Å². The summed E-state index contributed by atoms with van der Waals surface area (Å²) < 4.78 is 102. The molecule has 3 fully saturated rings. The fourth-order valence-corrected chi connectivity index (χ4v) is 10.5. The second kappa shape index (κ2) is 22.2. The van der Waals surface area contributed by atoms with E-state index < -0.39 is 47.0 Å². The number of carbonyl (C=O) groups is 2. The highest BCUT2D eigenvalue weighted by atomic mass is 19.4. The van der Waals surface area contributed by atoms with Crippen LogP contribution in [0.5, 0.6) is 0 Å². The predicted octanol–water partition coefficient (Wildman–Crippen LogP) is 10.4. The summed E-state index contributed by atoms with van der Waals surface area (Å²) in [7, 11) is 6.35. The van der Waals surface area contributed by atoms with E-state index >= 15 is 0 Å². The van der Waals surface area contributed by atoms with Crippen LogP contribution in [-0.2, 0) is 34.9 Å². The Morgan fingerprint density at radius 2 is 1.18 bits per heavy atom. The molecule has 2 atom stereocenters. The van der Waals surface area contributed by atoms with Gasteiger partial charge < -0.3 is 19.3 Å². The molecule has 2 radical (unpaired) electrons. The maximum absolute atomic E-state index is 14.1. The van der Waals surface area contributed by atoms with Gasteiger partial charge in [0.05, 0.1) is 96.4 Å². The quantitative estimate of drug-likeness (QED) is 0.0873. The lowest BCUT2D eigenvalue weighted by molar-refractivity contribution is -0.480. The van der Waals surface area contributed by atoms with E-state index in [1.807, 2.05) is 61.4 Å². The van der Waals surface area contributed by atoms with Crippen LogP contribution in [0.4, 0.5) is 35.9 Å². The Kier molecular flexibility index (Phi) is 15.6. The average molecular weight is 1090 g/mol. The molecule has 3 aliphatic heterocycles. The van der Waals surface area contributed by atoms with Crippen LogP contribution in [0, 0.1) is 24.2 Å². The largest absolute Gasteiger partial charge is 0.453 e. The number of aromatic nitrogens is 4. The molecule has 7 heterocycles. The number of likely N-dealkylation sites (N-methyl/N-ethyl adjacent to an activating group) is 2. The number of halogens is 6. The highest BCUT2D eigenvalue weighted by Crippen LogP contribution is 2.48. The molecule has 0 bridgehead atoms. The molecule has 18 nitrogen and oxygen atoms in total. The summed E-state index contributed by atoms with van der Waals surface area (Å²) in [5.74, 6) is 0.649. The van der Waals surface area contributed by atoms with Crippen molar-refractivity contribution in [2.45, 2.75) is 89.7 Å². The van der Waals surface area contributed by atoms with E-state index in [0.29, 0.717) is 23.2 Å². The molecule has 6 aromatic rings. The van der Waals surface area contributed by atoms with Crippen LogP contribution in [0.3, 0.4) is 0 Å². The SMILES string of the molecule is CC.COC(=O)N(C)Cc1cc(C(F)(F)F)c2cn(-c3cccc([C@H]([C]4N=NC=[N+]4C)C4CCC4)c3)c(=O)n2c1.C[N+]1=CN=N[C]1[C@@H](c1cccc(-n2cc3c(C(F)(F)F)cc(CN4CCOC4=O)cn3c2=O)c1)C1CCC1. The van der Waals surface area contributed by atoms with Crippen LogP contribution >= 0.6 is 0 Å². The van der Waals surface area contributed by atoms with Crippen LogP contribution in [0.2, 0.25) is 0 Å². The Labute approximate surface area is 443 Å². The first-order valence-electron chi connectivity index (χ1n) is 25.6. The highest BCUT2D eigenvalue weighted by Gasteiger charge is 2.44. The Morgan fingerprint density at radius 1 is 0.718 bits per heavy atom. The molecule has 2 aliphatic carbocycles. The van der Waals surface area contributed by atoms with Crippen LogP contribution in [-0.4, -0.2) is 103 Å². The van der Waals surface area contributed by atoms with Crippen molar-refractivity contribution in [3.63, 3.8) is 0 Å². The number of nitrogens with zero attached hydrogens (tertiary/aromatic N) is 12. The van der Waals surface area contributed by atoms with Gasteiger partial charge in [-0.25, -0.2) is 28.3 Å². The monoisotopic (exact) mass is 1080 g/mol. The number of pyridine rings is 2. The molecular formula is C54H58F6N12O6+2. The smallest absolute Gasteiger partial charge is 0.418 e. The Morgan fingerprint density at radius 3 is 1.56 bits per heavy atom. The number of cyclic esters (lactones) is 1. The van der Waals surface area contributed by atoms with Crippen molar-refractivity contribution in [3.05, 3.63) is 152 Å². The number of hydrogen-bond acceptors (Lipinski definition) is 10. The normalized spacial score (nSPS) is 17.7. The summed E-state index contributed by atoms with van der Waals surface area (Å²) in [5.41, 5.74) is -0.653. The molecule has 0 N–H and O–H groups in total. The number of amides is 2. The van der Waals surface area contributed by atoms with E-state index in [1.54, 1.807) is 36.9 Å². The summed E-state index contributed by atoms with van der Waals surface area (Å²) >= 11 is 0. The van der Waals surface area contributed by atoms with E-state index in [2.05, 4.69) is 25.2 Å². The standard InChI is InChI=1S/C26H25F3N6O3.C26H27F3N6O3.C2H6/c1-32-15-30-31-23(32)22(17-4-2-5-17)18-6-3-7-19(11-18)34-14-21-20(26(27,28)29)10-16(13-35(21)24(34)36)12-33-8-9-38-25(33)37;1-32(25(37)38-3)12-16-10-20(26(27,28)29)21-14-34(24(36)35(21)13-16)19-9-5-8-18(11-19)22(17-6-4-7-17)23-31-30-15-33(23)2;1-2/h3,6-7,10-11,13-15,17,22H,2,4-5,8-9,12H2,1H3;5,8-11,13-15,17,22H,4,6-7,12H2,1-3H3;1-2H3/q2*+1;/t2*22-;/m11./s1. The van der Waals surface area contributed by atoms with Gasteiger partial charge >= 0.3 is 60.9 Å². The number of carbonyl (C=O) groups excluding carboxylic acids is 2. The van der Waals surface area contributed by atoms with Gasteiger partial charge in [0.15, 0.2) is 0 Å². The Bertz CT molecular complexity index is 3490. The van der Waals surface area contributed by atoms with E-state index in [1.165, 1.54) is 53.0 Å². The van der Waals surface area contributed by atoms with E-state index in [-0.39, 0.29) is 60.2 Å². The van der Waals surface area contributed by atoms with Crippen LogP contribution in [0.25, 0.3) is 22.4 Å². The number of hydrogen-bond donors (Lipinski definition) is 0. The van der Waals surface area contributed by atoms with Crippen molar-refractivity contribution in [2.75, 3.05) is 41.4 Å². The number of ether oxygens (including phenoxy) is 2. The second-order valence-electron chi connectivity index (χ2n) is 19.6. The van der Waals surface area contributed by atoms with Gasteiger partial charge in [-0.05, 0) is 106 Å². The first-order valence-corrected chi connectivity index (χ1v) is 25.6. The molecule has 5 aliphatic rings. The predicted molar refractivity (Wildman–Crippen MR) is 274 cm³/mol. The molecule has 4 aromatic heterocycles. The minimum Gasteiger partial charge on any atom is -0.453 e.